The Morgan fingerprint density at radius 1 is 1.31 bits per heavy atom. The lowest BCUT2D eigenvalue weighted by Gasteiger charge is -2.42. The van der Waals surface area contributed by atoms with E-state index in [0.717, 1.165) is 6.26 Å². The Hall–Kier alpha value is -2.19. The Labute approximate surface area is 190 Å². The van der Waals surface area contributed by atoms with Gasteiger partial charge in [0.2, 0.25) is 27.7 Å². The molecule has 2 unspecified atom stereocenters. The lowest BCUT2D eigenvalue weighted by Crippen LogP contribution is -2.61. The zero-order valence-electron chi connectivity index (χ0n) is 19.5. The van der Waals surface area contributed by atoms with Crippen molar-refractivity contribution in [3.8, 4) is 6.07 Å². The fourth-order valence-electron chi connectivity index (χ4n) is 4.20. The number of hydrogen-bond acceptors (Lipinski definition) is 6. The van der Waals surface area contributed by atoms with Gasteiger partial charge in [-0.1, -0.05) is 27.7 Å². The van der Waals surface area contributed by atoms with Gasteiger partial charge in [0, 0.05) is 19.0 Å². The van der Waals surface area contributed by atoms with Crippen LogP contribution in [0.2, 0.25) is 0 Å². The molecule has 10 nitrogen and oxygen atoms in total. The first kappa shape index (κ1) is 26.1. The van der Waals surface area contributed by atoms with Crippen molar-refractivity contribution in [2.24, 2.45) is 17.3 Å². The Morgan fingerprint density at radius 2 is 1.97 bits per heavy atom. The van der Waals surface area contributed by atoms with Gasteiger partial charge in [0.05, 0.1) is 12.3 Å². The van der Waals surface area contributed by atoms with Crippen molar-refractivity contribution in [2.45, 2.75) is 71.5 Å². The molecule has 32 heavy (non-hydrogen) atoms. The highest BCUT2D eigenvalue weighted by molar-refractivity contribution is 7.88. The predicted molar refractivity (Wildman–Crippen MR) is 118 cm³/mol. The largest absolute Gasteiger partial charge is 0.356 e. The fraction of sp³-hybridized carbons (Fsp3) is 0.810. The van der Waals surface area contributed by atoms with E-state index >= 15 is 0 Å². The van der Waals surface area contributed by atoms with Crippen molar-refractivity contribution in [2.75, 3.05) is 19.3 Å². The molecule has 0 bridgehead atoms. The van der Waals surface area contributed by atoms with Gasteiger partial charge in [0.25, 0.3) is 0 Å². The summed E-state index contributed by atoms with van der Waals surface area (Å²) in [7, 11) is -3.66. The average Bonchev–Trinajstić information content (AvgIpc) is 3.08. The second kappa shape index (κ2) is 10.2. The molecule has 0 aromatic carbocycles. The molecular weight excluding hydrogens is 434 g/mol. The molecule has 2 rings (SSSR count). The molecule has 5 atom stereocenters. The number of nitrogens with zero attached hydrogens (tertiary/aromatic N) is 2. The minimum Gasteiger partial charge on any atom is -0.356 e. The SMILES string of the molecule is CC1CCN(C(=O)[C@@H](NS(C)(=O)=O)C(C)(C)C)C(C(=O)N[C@H](C#N)C[C@@H]2CCNC2=O)C1. The first-order valence-corrected chi connectivity index (χ1v) is 12.9. The number of rotatable bonds is 7. The number of sulfonamides is 1. The fourth-order valence-corrected chi connectivity index (χ4v) is 5.08. The van der Waals surface area contributed by atoms with E-state index < -0.39 is 45.4 Å². The summed E-state index contributed by atoms with van der Waals surface area (Å²) in [5.41, 5.74) is -0.713. The normalized spacial score (nSPS) is 26.1. The minimum absolute atomic E-state index is 0.123. The molecule has 2 saturated heterocycles. The van der Waals surface area contributed by atoms with Gasteiger partial charge in [-0.2, -0.15) is 5.26 Å². The second-order valence-corrected chi connectivity index (χ2v) is 11.8. The van der Waals surface area contributed by atoms with Crippen molar-refractivity contribution in [1.29, 1.82) is 5.26 Å². The van der Waals surface area contributed by atoms with Gasteiger partial charge in [-0.15, -0.1) is 0 Å². The van der Waals surface area contributed by atoms with Crippen LogP contribution < -0.4 is 15.4 Å². The van der Waals surface area contributed by atoms with Gasteiger partial charge in [-0.25, -0.2) is 13.1 Å². The van der Waals surface area contributed by atoms with Crippen LogP contribution in [0, 0.1) is 28.6 Å². The summed E-state index contributed by atoms with van der Waals surface area (Å²) >= 11 is 0. The quantitative estimate of drug-likeness (QED) is 0.482. The van der Waals surface area contributed by atoms with E-state index in [-0.39, 0.29) is 24.2 Å². The molecule has 3 N–H and O–H groups in total. The standard InChI is InChI=1S/C21H35N5O5S/c1-13-7-9-26(20(29)17(21(2,3)4)25-32(5,30)31)16(10-13)19(28)24-15(12-22)11-14-6-8-23-18(14)27/h13-17,25H,6-11H2,1-5H3,(H,23,27)(H,24,28)/t13?,14-,15-,16?,17+/m0/s1. The molecular formula is C21H35N5O5S. The Kier molecular flexibility index (Phi) is 8.28. The molecule has 2 heterocycles. The topological polar surface area (TPSA) is 148 Å². The Morgan fingerprint density at radius 3 is 2.47 bits per heavy atom. The maximum absolute atomic E-state index is 13.4. The summed E-state index contributed by atoms with van der Waals surface area (Å²) in [6.45, 7) is 8.13. The third-order valence-corrected chi connectivity index (χ3v) is 6.71. The number of carbonyl (C=O) groups excluding carboxylic acids is 3. The van der Waals surface area contributed by atoms with Crippen molar-refractivity contribution in [1.82, 2.24) is 20.3 Å². The first-order valence-electron chi connectivity index (χ1n) is 11.0. The summed E-state index contributed by atoms with van der Waals surface area (Å²) in [5, 5.41) is 14.9. The third kappa shape index (κ3) is 6.90. The van der Waals surface area contributed by atoms with Crippen molar-refractivity contribution >= 4 is 27.7 Å². The number of piperidine rings is 1. The molecule has 3 amide bonds. The van der Waals surface area contributed by atoms with E-state index in [2.05, 4.69) is 15.4 Å². The minimum atomic E-state index is -3.66. The van der Waals surface area contributed by atoms with Gasteiger partial charge in [0.1, 0.15) is 18.1 Å². The number of amides is 3. The zero-order chi connectivity index (χ0) is 24.3. The van der Waals surface area contributed by atoms with Gasteiger partial charge in [0.15, 0.2) is 0 Å². The molecule has 2 fully saturated rings. The third-order valence-electron chi connectivity index (χ3n) is 6.05. The lowest BCUT2D eigenvalue weighted by molar-refractivity contribution is -0.146. The summed E-state index contributed by atoms with van der Waals surface area (Å²) in [5.74, 6) is -1.18. The lowest BCUT2D eigenvalue weighted by atomic mass is 9.84. The van der Waals surface area contributed by atoms with Gasteiger partial charge >= 0.3 is 0 Å². The predicted octanol–water partition coefficient (Wildman–Crippen LogP) is 0.112. The molecule has 0 radical (unpaired) electrons. The van der Waals surface area contributed by atoms with Crippen LogP contribution in [0.15, 0.2) is 0 Å². The molecule has 180 valence electrons. The van der Waals surface area contributed by atoms with Crippen LogP contribution in [0.25, 0.3) is 0 Å². The monoisotopic (exact) mass is 469 g/mol. The number of carbonyl (C=O) groups is 3. The summed E-state index contributed by atoms with van der Waals surface area (Å²) < 4.78 is 26.2. The van der Waals surface area contributed by atoms with Crippen LogP contribution in [0.3, 0.4) is 0 Å². The number of likely N-dealkylation sites (tertiary alicyclic amines) is 1. The van der Waals surface area contributed by atoms with Crippen molar-refractivity contribution in [3.05, 3.63) is 0 Å². The average molecular weight is 470 g/mol. The van der Waals surface area contributed by atoms with E-state index in [1.807, 2.05) is 13.0 Å². The van der Waals surface area contributed by atoms with Gasteiger partial charge in [-0.05, 0) is 37.0 Å². The van der Waals surface area contributed by atoms with Crippen LogP contribution >= 0.6 is 0 Å². The van der Waals surface area contributed by atoms with E-state index in [4.69, 9.17) is 0 Å². The Bertz CT molecular complexity index is 876. The zero-order valence-corrected chi connectivity index (χ0v) is 20.3. The number of hydrogen-bond donors (Lipinski definition) is 3. The van der Waals surface area contributed by atoms with E-state index in [1.165, 1.54) is 4.90 Å². The first-order chi connectivity index (χ1) is 14.7. The molecule has 0 spiro atoms. The van der Waals surface area contributed by atoms with E-state index in [1.54, 1.807) is 20.8 Å². The maximum Gasteiger partial charge on any atom is 0.243 e. The summed E-state index contributed by atoms with van der Waals surface area (Å²) in [4.78, 5) is 39.8. The molecule has 2 aliphatic rings. The second-order valence-electron chi connectivity index (χ2n) is 10.1. The van der Waals surface area contributed by atoms with Gasteiger partial charge < -0.3 is 15.5 Å². The van der Waals surface area contributed by atoms with Crippen LogP contribution in [0.4, 0.5) is 0 Å². The molecule has 0 aromatic rings. The van der Waals surface area contributed by atoms with Crippen LogP contribution in [0.5, 0.6) is 0 Å². The van der Waals surface area contributed by atoms with Crippen molar-refractivity contribution in [3.63, 3.8) is 0 Å². The summed E-state index contributed by atoms with van der Waals surface area (Å²) in [6, 6.07) is -0.650. The van der Waals surface area contributed by atoms with Crippen molar-refractivity contribution < 1.29 is 22.8 Å². The summed E-state index contributed by atoms with van der Waals surface area (Å²) in [6.07, 6.45) is 2.93. The van der Waals surface area contributed by atoms with Crippen LogP contribution in [-0.2, 0) is 24.4 Å². The maximum atomic E-state index is 13.4. The van der Waals surface area contributed by atoms with E-state index in [0.29, 0.717) is 32.4 Å². The number of nitrogens with one attached hydrogen (secondary N) is 3. The molecule has 0 aliphatic carbocycles. The van der Waals surface area contributed by atoms with E-state index in [9.17, 15) is 28.1 Å². The highest BCUT2D eigenvalue weighted by atomic mass is 32.2. The van der Waals surface area contributed by atoms with Crippen LogP contribution in [-0.4, -0.2) is 68.5 Å². The molecule has 2 aliphatic heterocycles. The highest BCUT2D eigenvalue weighted by Gasteiger charge is 2.42. The highest BCUT2D eigenvalue weighted by Crippen LogP contribution is 2.28. The Balaban J connectivity index is 2.20. The molecule has 11 heteroatoms. The number of nitriles is 1. The van der Waals surface area contributed by atoms with Crippen LogP contribution in [0.1, 0.15) is 53.4 Å². The smallest absolute Gasteiger partial charge is 0.243 e. The van der Waals surface area contributed by atoms with Gasteiger partial charge in [-0.3, -0.25) is 14.4 Å². The molecule has 0 saturated carbocycles. The molecule has 0 aromatic heterocycles.